The number of halogens is 2. The summed E-state index contributed by atoms with van der Waals surface area (Å²) < 4.78 is 25.9. The maximum atomic E-state index is 12.3. The van der Waals surface area contributed by atoms with Crippen molar-refractivity contribution >= 4 is 39.2 Å². The molecule has 1 saturated heterocycles. The molecule has 1 N–H and O–H groups in total. The maximum Gasteiger partial charge on any atom is 0.306 e. The molecule has 1 heterocycles. The fraction of sp³-hybridized carbons (Fsp3) is 0.417. The first-order valence-electron chi connectivity index (χ1n) is 5.91. The molecule has 0 bridgehead atoms. The largest absolute Gasteiger partial charge is 0.481 e. The highest BCUT2D eigenvalue weighted by Gasteiger charge is 2.41. The zero-order valence-electron chi connectivity index (χ0n) is 10.6. The van der Waals surface area contributed by atoms with Crippen molar-refractivity contribution < 1.29 is 18.3 Å². The van der Waals surface area contributed by atoms with Crippen LogP contribution in [0.15, 0.2) is 23.1 Å². The molecular formula is C12H13Cl2NO4S. The third-order valence-electron chi connectivity index (χ3n) is 3.45. The van der Waals surface area contributed by atoms with Crippen molar-refractivity contribution in [3.63, 3.8) is 0 Å². The molecule has 0 aliphatic carbocycles. The van der Waals surface area contributed by atoms with E-state index in [0.717, 1.165) is 0 Å². The molecule has 5 nitrogen and oxygen atoms in total. The second-order valence-corrected chi connectivity index (χ2v) is 7.62. The van der Waals surface area contributed by atoms with Crippen LogP contribution in [0.2, 0.25) is 10.0 Å². The second-order valence-electron chi connectivity index (χ2n) is 4.81. The number of carbonyl (C=O) groups is 1. The Labute approximate surface area is 127 Å². The molecule has 2 rings (SSSR count). The van der Waals surface area contributed by atoms with Gasteiger partial charge in [-0.05, 0) is 24.1 Å². The predicted octanol–water partition coefficient (Wildman–Crippen LogP) is 2.33. The van der Waals surface area contributed by atoms with E-state index in [0.29, 0.717) is 0 Å². The van der Waals surface area contributed by atoms with Gasteiger partial charge in [-0.2, -0.15) is 4.31 Å². The molecular weight excluding hydrogens is 325 g/mol. The minimum absolute atomic E-state index is 0.0245. The second kappa shape index (κ2) is 5.52. The van der Waals surface area contributed by atoms with Gasteiger partial charge in [0.1, 0.15) is 0 Å². The molecule has 1 aromatic rings. The van der Waals surface area contributed by atoms with Crippen LogP contribution in [0.3, 0.4) is 0 Å². The lowest BCUT2D eigenvalue weighted by Crippen LogP contribution is -2.53. The summed E-state index contributed by atoms with van der Waals surface area (Å²) in [6.07, 6.45) is 0. The van der Waals surface area contributed by atoms with Crippen LogP contribution < -0.4 is 0 Å². The van der Waals surface area contributed by atoms with E-state index in [1.807, 2.05) is 0 Å². The summed E-state index contributed by atoms with van der Waals surface area (Å²) in [5.41, 5.74) is 0. The number of rotatable bonds is 4. The van der Waals surface area contributed by atoms with Gasteiger partial charge in [-0.25, -0.2) is 8.42 Å². The van der Waals surface area contributed by atoms with Crippen LogP contribution in [0.4, 0.5) is 0 Å². The monoisotopic (exact) mass is 337 g/mol. The predicted molar refractivity (Wildman–Crippen MR) is 75.5 cm³/mol. The highest BCUT2D eigenvalue weighted by molar-refractivity contribution is 7.89. The Hall–Kier alpha value is -0.820. The highest BCUT2D eigenvalue weighted by atomic mass is 35.5. The fourth-order valence-electron chi connectivity index (χ4n) is 2.01. The minimum atomic E-state index is -3.67. The molecule has 0 aromatic heterocycles. The van der Waals surface area contributed by atoms with Gasteiger partial charge in [0.25, 0.3) is 0 Å². The van der Waals surface area contributed by atoms with Gasteiger partial charge >= 0.3 is 5.97 Å². The summed E-state index contributed by atoms with van der Waals surface area (Å²) in [4.78, 5) is 10.9. The Morgan fingerprint density at radius 1 is 1.30 bits per heavy atom. The number of sulfonamides is 1. The number of carboxylic acids is 1. The van der Waals surface area contributed by atoms with Gasteiger partial charge in [0.05, 0.1) is 10.8 Å². The summed E-state index contributed by atoms with van der Waals surface area (Å²) in [6.45, 7) is 1.97. The van der Waals surface area contributed by atoms with Gasteiger partial charge in [0.15, 0.2) is 0 Å². The van der Waals surface area contributed by atoms with Gasteiger partial charge < -0.3 is 5.11 Å². The smallest absolute Gasteiger partial charge is 0.306 e. The number of carboxylic acid groups (broad SMARTS) is 1. The van der Waals surface area contributed by atoms with Crippen LogP contribution in [-0.2, 0) is 14.8 Å². The van der Waals surface area contributed by atoms with Crippen molar-refractivity contribution in [2.75, 3.05) is 13.1 Å². The van der Waals surface area contributed by atoms with Gasteiger partial charge in [0.2, 0.25) is 10.0 Å². The Morgan fingerprint density at radius 2 is 1.80 bits per heavy atom. The van der Waals surface area contributed by atoms with Crippen molar-refractivity contribution in [1.29, 1.82) is 0 Å². The van der Waals surface area contributed by atoms with E-state index in [9.17, 15) is 13.2 Å². The molecule has 0 saturated carbocycles. The van der Waals surface area contributed by atoms with E-state index in [2.05, 4.69) is 0 Å². The Bertz CT molecular complexity index is 621. The number of hydrogen-bond acceptors (Lipinski definition) is 3. The summed E-state index contributed by atoms with van der Waals surface area (Å²) in [5.74, 6) is -1.65. The molecule has 0 amide bonds. The zero-order valence-corrected chi connectivity index (χ0v) is 12.9. The van der Waals surface area contributed by atoms with Crippen molar-refractivity contribution in [2.45, 2.75) is 11.8 Å². The lowest BCUT2D eigenvalue weighted by atomic mass is 9.89. The topological polar surface area (TPSA) is 74.7 Å². The van der Waals surface area contributed by atoms with Crippen molar-refractivity contribution in [1.82, 2.24) is 4.31 Å². The van der Waals surface area contributed by atoms with Crippen LogP contribution >= 0.6 is 23.2 Å². The first kappa shape index (κ1) is 15.6. The SMILES string of the molecule is CC(C(=O)O)C1CN(S(=O)(=O)c2cc(Cl)cc(Cl)c2)C1. The molecule has 1 aromatic carbocycles. The van der Waals surface area contributed by atoms with Gasteiger partial charge in [-0.1, -0.05) is 30.1 Å². The summed E-state index contributed by atoms with van der Waals surface area (Å²) >= 11 is 11.6. The lowest BCUT2D eigenvalue weighted by Gasteiger charge is -2.40. The van der Waals surface area contributed by atoms with Crippen LogP contribution in [-0.4, -0.2) is 36.9 Å². The number of benzene rings is 1. The van der Waals surface area contributed by atoms with E-state index >= 15 is 0 Å². The van der Waals surface area contributed by atoms with Gasteiger partial charge in [-0.15, -0.1) is 0 Å². The van der Waals surface area contributed by atoms with E-state index in [1.54, 1.807) is 6.92 Å². The molecule has 1 unspecified atom stereocenters. The normalized spacial score (nSPS) is 18.6. The van der Waals surface area contributed by atoms with E-state index in [1.165, 1.54) is 22.5 Å². The maximum absolute atomic E-state index is 12.3. The summed E-state index contributed by atoms with van der Waals surface area (Å²) in [6, 6.07) is 4.11. The summed E-state index contributed by atoms with van der Waals surface area (Å²) in [5, 5.41) is 9.38. The summed E-state index contributed by atoms with van der Waals surface area (Å²) in [7, 11) is -3.67. The molecule has 20 heavy (non-hydrogen) atoms. The number of hydrogen-bond donors (Lipinski definition) is 1. The average Bonchev–Trinajstić information content (AvgIpc) is 2.24. The highest BCUT2D eigenvalue weighted by Crippen LogP contribution is 2.31. The van der Waals surface area contributed by atoms with Crippen LogP contribution in [0, 0.1) is 11.8 Å². The van der Waals surface area contributed by atoms with Crippen LogP contribution in [0.1, 0.15) is 6.92 Å². The van der Waals surface area contributed by atoms with Crippen LogP contribution in [0.25, 0.3) is 0 Å². The van der Waals surface area contributed by atoms with Crippen LogP contribution in [0.5, 0.6) is 0 Å². The fourth-order valence-corrected chi connectivity index (χ4v) is 4.29. The van der Waals surface area contributed by atoms with Crippen molar-refractivity contribution in [3.8, 4) is 0 Å². The van der Waals surface area contributed by atoms with Gasteiger partial charge in [-0.3, -0.25) is 4.79 Å². The van der Waals surface area contributed by atoms with E-state index < -0.39 is 21.9 Å². The molecule has 110 valence electrons. The standard InChI is InChI=1S/C12H13Cl2NO4S/c1-7(12(16)17)8-5-15(6-8)20(18,19)11-3-9(13)2-10(14)4-11/h2-4,7-8H,5-6H2,1H3,(H,16,17). The first-order valence-corrected chi connectivity index (χ1v) is 8.10. The van der Waals surface area contributed by atoms with Gasteiger partial charge in [0, 0.05) is 23.1 Å². The first-order chi connectivity index (χ1) is 9.21. The Morgan fingerprint density at radius 3 is 2.25 bits per heavy atom. The van der Waals surface area contributed by atoms with E-state index in [-0.39, 0.29) is 33.9 Å². The molecule has 0 radical (unpaired) electrons. The Balaban J connectivity index is 2.16. The van der Waals surface area contributed by atoms with Crippen molar-refractivity contribution in [3.05, 3.63) is 28.2 Å². The molecule has 1 aliphatic rings. The molecule has 1 fully saturated rings. The Kier molecular flexibility index (Phi) is 4.30. The zero-order chi connectivity index (χ0) is 15.1. The average molecular weight is 338 g/mol. The third kappa shape index (κ3) is 2.93. The molecule has 1 atom stereocenters. The van der Waals surface area contributed by atoms with Crippen molar-refractivity contribution in [2.24, 2.45) is 11.8 Å². The molecule has 1 aliphatic heterocycles. The molecule has 0 spiro atoms. The third-order valence-corrected chi connectivity index (χ3v) is 5.69. The quantitative estimate of drug-likeness (QED) is 0.914. The number of nitrogens with zero attached hydrogens (tertiary/aromatic N) is 1. The number of aliphatic carboxylic acids is 1. The minimum Gasteiger partial charge on any atom is -0.481 e. The lowest BCUT2D eigenvalue weighted by molar-refractivity contribution is -0.144. The van der Waals surface area contributed by atoms with E-state index in [4.69, 9.17) is 28.3 Å². The molecule has 8 heteroatoms.